The fourth-order valence-corrected chi connectivity index (χ4v) is 1.33. The van der Waals surface area contributed by atoms with Gasteiger partial charge in [-0.05, 0) is 28.1 Å². The molecule has 68 valence electrons. The standard InChI is InChI=1S/C10H8BrFO/c1-2-4-9(13)7-5-3-6-8(11)10(7)12/h2-3,5-6H,1,4H2. The zero-order chi connectivity index (χ0) is 9.84. The summed E-state index contributed by atoms with van der Waals surface area (Å²) in [6.45, 7) is 3.42. The van der Waals surface area contributed by atoms with Gasteiger partial charge < -0.3 is 0 Å². The average Bonchev–Trinajstić information content (AvgIpc) is 2.10. The highest BCUT2D eigenvalue weighted by molar-refractivity contribution is 9.10. The van der Waals surface area contributed by atoms with E-state index in [1.165, 1.54) is 12.1 Å². The Hall–Kier alpha value is -0.960. The van der Waals surface area contributed by atoms with E-state index in [9.17, 15) is 9.18 Å². The first-order valence-corrected chi connectivity index (χ1v) is 4.54. The number of rotatable bonds is 3. The molecule has 0 aliphatic carbocycles. The largest absolute Gasteiger partial charge is 0.294 e. The van der Waals surface area contributed by atoms with Crippen LogP contribution in [0.3, 0.4) is 0 Å². The van der Waals surface area contributed by atoms with Crippen molar-refractivity contribution < 1.29 is 9.18 Å². The Morgan fingerprint density at radius 2 is 2.31 bits per heavy atom. The second-order valence-corrected chi connectivity index (χ2v) is 3.37. The first-order valence-electron chi connectivity index (χ1n) is 3.75. The molecule has 0 unspecified atom stereocenters. The maximum absolute atomic E-state index is 13.3. The lowest BCUT2D eigenvalue weighted by molar-refractivity contribution is 0.0992. The Bertz CT molecular complexity index is 347. The Kier molecular flexibility index (Phi) is 3.37. The van der Waals surface area contributed by atoms with Gasteiger partial charge in [0.05, 0.1) is 10.0 Å². The summed E-state index contributed by atoms with van der Waals surface area (Å²) in [7, 11) is 0. The van der Waals surface area contributed by atoms with E-state index in [-0.39, 0.29) is 17.8 Å². The van der Waals surface area contributed by atoms with Gasteiger partial charge in [0.25, 0.3) is 0 Å². The van der Waals surface area contributed by atoms with E-state index in [4.69, 9.17) is 0 Å². The number of hydrogen-bond donors (Lipinski definition) is 0. The smallest absolute Gasteiger partial charge is 0.169 e. The van der Waals surface area contributed by atoms with Crippen molar-refractivity contribution in [2.24, 2.45) is 0 Å². The molecule has 0 fully saturated rings. The van der Waals surface area contributed by atoms with Gasteiger partial charge in [-0.3, -0.25) is 4.79 Å². The summed E-state index contributed by atoms with van der Waals surface area (Å²) in [5.74, 6) is -0.761. The number of ketones is 1. The van der Waals surface area contributed by atoms with Crippen molar-refractivity contribution in [3.05, 3.63) is 46.7 Å². The van der Waals surface area contributed by atoms with Crippen LogP contribution < -0.4 is 0 Å². The fourth-order valence-electron chi connectivity index (χ4n) is 0.960. The zero-order valence-corrected chi connectivity index (χ0v) is 8.47. The predicted octanol–water partition coefficient (Wildman–Crippen LogP) is 3.35. The molecule has 3 heteroatoms. The molecular weight excluding hydrogens is 235 g/mol. The SMILES string of the molecule is C=CCC(=O)c1cccc(Br)c1F. The average molecular weight is 243 g/mol. The number of hydrogen-bond acceptors (Lipinski definition) is 1. The van der Waals surface area contributed by atoms with Crippen LogP contribution in [0.5, 0.6) is 0 Å². The third-order valence-electron chi connectivity index (χ3n) is 1.58. The van der Waals surface area contributed by atoms with Crippen LogP contribution in [-0.4, -0.2) is 5.78 Å². The Morgan fingerprint density at radius 3 is 2.92 bits per heavy atom. The van der Waals surface area contributed by atoms with E-state index < -0.39 is 5.82 Å². The third-order valence-corrected chi connectivity index (χ3v) is 2.19. The summed E-state index contributed by atoms with van der Waals surface area (Å²) in [5.41, 5.74) is 0.106. The first-order chi connectivity index (χ1) is 6.16. The van der Waals surface area contributed by atoms with E-state index in [2.05, 4.69) is 22.5 Å². The lowest BCUT2D eigenvalue weighted by atomic mass is 10.1. The second kappa shape index (κ2) is 4.33. The van der Waals surface area contributed by atoms with Crippen molar-refractivity contribution >= 4 is 21.7 Å². The number of halogens is 2. The molecule has 0 heterocycles. The molecule has 1 aromatic rings. The molecule has 0 saturated heterocycles. The van der Waals surface area contributed by atoms with Crippen LogP contribution in [0.1, 0.15) is 16.8 Å². The third kappa shape index (κ3) is 2.25. The molecule has 0 aliphatic rings. The highest BCUT2D eigenvalue weighted by Gasteiger charge is 2.11. The van der Waals surface area contributed by atoms with Gasteiger partial charge in [-0.2, -0.15) is 0 Å². The maximum Gasteiger partial charge on any atom is 0.169 e. The summed E-state index contributed by atoms with van der Waals surface area (Å²) < 4.78 is 13.6. The van der Waals surface area contributed by atoms with E-state index in [0.29, 0.717) is 4.47 Å². The highest BCUT2D eigenvalue weighted by Crippen LogP contribution is 2.19. The zero-order valence-electron chi connectivity index (χ0n) is 6.89. The Labute approximate surface area is 84.4 Å². The van der Waals surface area contributed by atoms with Crippen LogP contribution in [-0.2, 0) is 0 Å². The quantitative estimate of drug-likeness (QED) is 0.587. The van der Waals surface area contributed by atoms with Crippen molar-refractivity contribution in [1.29, 1.82) is 0 Å². The Balaban J connectivity index is 3.07. The van der Waals surface area contributed by atoms with Crippen molar-refractivity contribution in [1.82, 2.24) is 0 Å². The van der Waals surface area contributed by atoms with Crippen LogP contribution in [0.2, 0.25) is 0 Å². The van der Waals surface area contributed by atoms with Crippen LogP contribution in [0.25, 0.3) is 0 Å². The van der Waals surface area contributed by atoms with E-state index in [1.54, 1.807) is 12.1 Å². The molecule has 0 aliphatic heterocycles. The van der Waals surface area contributed by atoms with Gasteiger partial charge in [-0.1, -0.05) is 12.1 Å². The molecule has 0 bridgehead atoms. The number of benzene rings is 1. The van der Waals surface area contributed by atoms with Gasteiger partial charge in [0.2, 0.25) is 0 Å². The number of Topliss-reactive ketones (excluding diaryl/α,β-unsaturated/α-hetero) is 1. The molecule has 0 aromatic heterocycles. The van der Waals surface area contributed by atoms with Gasteiger partial charge in [0.1, 0.15) is 5.82 Å². The lowest BCUT2D eigenvalue weighted by Gasteiger charge is -2.00. The van der Waals surface area contributed by atoms with Crippen molar-refractivity contribution in [3.63, 3.8) is 0 Å². The summed E-state index contributed by atoms with van der Waals surface area (Å²) in [5, 5.41) is 0. The van der Waals surface area contributed by atoms with Gasteiger partial charge in [-0.25, -0.2) is 4.39 Å². The van der Waals surface area contributed by atoms with Gasteiger partial charge in [-0.15, -0.1) is 6.58 Å². The first kappa shape index (κ1) is 10.1. The minimum Gasteiger partial charge on any atom is -0.294 e. The summed E-state index contributed by atoms with van der Waals surface area (Å²) >= 11 is 3.01. The highest BCUT2D eigenvalue weighted by atomic mass is 79.9. The fraction of sp³-hybridized carbons (Fsp3) is 0.100. The topological polar surface area (TPSA) is 17.1 Å². The minimum atomic E-state index is -0.505. The van der Waals surface area contributed by atoms with Gasteiger partial charge >= 0.3 is 0 Å². The molecule has 0 N–H and O–H groups in total. The van der Waals surface area contributed by atoms with Gasteiger partial charge in [0, 0.05) is 6.42 Å². The molecule has 0 amide bonds. The van der Waals surface area contributed by atoms with E-state index in [0.717, 1.165) is 0 Å². The molecule has 0 spiro atoms. The Morgan fingerprint density at radius 1 is 1.62 bits per heavy atom. The monoisotopic (exact) mass is 242 g/mol. The van der Waals surface area contributed by atoms with Crippen LogP contribution >= 0.6 is 15.9 Å². The number of carbonyl (C=O) groups is 1. The summed E-state index contributed by atoms with van der Waals surface area (Å²) in [4.78, 5) is 11.3. The molecule has 0 saturated carbocycles. The normalized spacial score (nSPS) is 9.69. The summed E-state index contributed by atoms with van der Waals surface area (Å²) in [6, 6.07) is 4.65. The molecule has 0 atom stereocenters. The van der Waals surface area contributed by atoms with Crippen molar-refractivity contribution in [2.75, 3.05) is 0 Å². The molecule has 1 aromatic carbocycles. The van der Waals surface area contributed by atoms with Crippen LogP contribution in [0.15, 0.2) is 35.3 Å². The molecule has 0 radical (unpaired) electrons. The predicted molar refractivity (Wildman–Crippen MR) is 53.2 cm³/mol. The van der Waals surface area contributed by atoms with E-state index in [1.807, 2.05) is 0 Å². The maximum atomic E-state index is 13.3. The molecule has 1 rings (SSSR count). The lowest BCUT2D eigenvalue weighted by Crippen LogP contribution is -2.00. The van der Waals surface area contributed by atoms with E-state index >= 15 is 0 Å². The minimum absolute atomic E-state index is 0.106. The molecule has 1 nitrogen and oxygen atoms in total. The second-order valence-electron chi connectivity index (χ2n) is 2.52. The number of allylic oxidation sites excluding steroid dienone is 1. The van der Waals surface area contributed by atoms with Crippen molar-refractivity contribution in [3.8, 4) is 0 Å². The summed E-state index contributed by atoms with van der Waals surface area (Å²) in [6.07, 6.45) is 1.62. The molecular formula is C10H8BrFO. The molecule has 13 heavy (non-hydrogen) atoms. The number of carbonyl (C=O) groups excluding carboxylic acids is 1. The van der Waals surface area contributed by atoms with Crippen LogP contribution in [0.4, 0.5) is 4.39 Å². The van der Waals surface area contributed by atoms with Gasteiger partial charge in [0.15, 0.2) is 5.78 Å². The van der Waals surface area contributed by atoms with Crippen LogP contribution in [0, 0.1) is 5.82 Å². The van der Waals surface area contributed by atoms with Crippen molar-refractivity contribution in [2.45, 2.75) is 6.42 Å².